The van der Waals surface area contributed by atoms with Crippen molar-refractivity contribution in [1.82, 2.24) is 0 Å². The Morgan fingerprint density at radius 2 is 1.12 bits per heavy atom. The third-order valence-corrected chi connectivity index (χ3v) is 0.333. The first kappa shape index (κ1) is 10.9. The molecule has 0 aromatic rings. The van der Waals surface area contributed by atoms with Crippen molar-refractivity contribution in [2.45, 2.75) is 13.8 Å². The predicted molar refractivity (Wildman–Crippen MR) is 34.1 cm³/mol. The van der Waals surface area contributed by atoms with Gasteiger partial charge in [0.15, 0.2) is 0 Å². The lowest BCUT2D eigenvalue weighted by atomic mass is 10.6. The van der Waals surface area contributed by atoms with Gasteiger partial charge in [-0.3, -0.25) is 0 Å². The highest BCUT2D eigenvalue weighted by atomic mass is 31.2. The summed E-state index contributed by atoms with van der Waals surface area (Å²) in [5, 5.41) is 0. The van der Waals surface area contributed by atoms with E-state index in [-0.39, 0.29) is 0 Å². The highest BCUT2D eigenvalue weighted by Gasteiger charge is 1.76. The molecular weight excluding hydrogens is 127 g/mol. The van der Waals surface area contributed by atoms with Gasteiger partial charge in [-0.2, -0.15) is 0 Å². The average molecular weight is 138 g/mol. The van der Waals surface area contributed by atoms with Crippen LogP contribution in [0.2, 0.25) is 0 Å². The van der Waals surface area contributed by atoms with E-state index >= 15 is 0 Å². The Bertz CT molecular complexity index is 46.5. The zero-order valence-corrected chi connectivity index (χ0v) is 5.84. The Labute approximate surface area is 50.3 Å². The summed E-state index contributed by atoms with van der Waals surface area (Å²) in [4.78, 5) is 21.7. The molecule has 0 aromatic heterocycles. The molecule has 0 rings (SSSR count). The molecule has 8 heavy (non-hydrogen) atoms. The second kappa shape index (κ2) is 10.1. The molecule has 0 aromatic carbocycles. The molecule has 0 saturated carbocycles. The molecule has 0 aliphatic carbocycles. The molecule has 0 atom stereocenters. The van der Waals surface area contributed by atoms with Crippen LogP contribution in [0.15, 0.2) is 12.2 Å². The summed E-state index contributed by atoms with van der Waals surface area (Å²) in [5.41, 5.74) is 0. The largest absolute Gasteiger partial charge is 0.328 e. The molecule has 0 radical (unpaired) electrons. The molecule has 3 nitrogen and oxygen atoms in total. The van der Waals surface area contributed by atoms with E-state index in [0.29, 0.717) is 0 Å². The van der Waals surface area contributed by atoms with Crippen molar-refractivity contribution < 1.29 is 14.7 Å². The average Bonchev–Trinajstić information content (AvgIpc) is 1.65. The number of allylic oxidation sites excluding steroid dienone is 2. The van der Waals surface area contributed by atoms with Crippen molar-refractivity contribution in [1.29, 1.82) is 0 Å². The fourth-order valence-corrected chi connectivity index (χ4v) is 0. The number of hydrogen-bond donors (Lipinski definition) is 3. The van der Waals surface area contributed by atoms with Crippen LogP contribution in [-0.2, 0) is 0 Å². The first-order valence-corrected chi connectivity index (χ1v) is 3.29. The monoisotopic (exact) mass is 138 g/mol. The van der Waals surface area contributed by atoms with E-state index in [4.69, 9.17) is 14.7 Å². The Balaban J connectivity index is 0. The van der Waals surface area contributed by atoms with E-state index in [1.165, 1.54) is 0 Å². The van der Waals surface area contributed by atoms with Gasteiger partial charge in [0.2, 0.25) is 0 Å². The minimum atomic E-state index is -2.62. The molecule has 0 aliphatic heterocycles. The lowest BCUT2D eigenvalue weighted by molar-refractivity contribution is 0.368. The Hall–Kier alpha value is 0.0500. The van der Waals surface area contributed by atoms with Gasteiger partial charge < -0.3 is 14.7 Å². The summed E-state index contributed by atoms with van der Waals surface area (Å²) in [6.45, 7) is 4.00. The predicted octanol–water partition coefficient (Wildman–Crippen LogP) is 0.773. The van der Waals surface area contributed by atoms with Gasteiger partial charge in [-0.15, -0.1) is 0 Å². The van der Waals surface area contributed by atoms with E-state index in [1.807, 2.05) is 26.0 Å². The van der Waals surface area contributed by atoms with Crippen molar-refractivity contribution in [3.8, 4) is 0 Å². The van der Waals surface area contributed by atoms with Crippen molar-refractivity contribution in [3.05, 3.63) is 12.2 Å². The maximum atomic E-state index is 7.23. The second-order valence-corrected chi connectivity index (χ2v) is 1.47. The number of rotatable bonds is 0. The van der Waals surface area contributed by atoms with Crippen molar-refractivity contribution in [3.63, 3.8) is 0 Å². The van der Waals surface area contributed by atoms with Gasteiger partial charge in [-0.1, -0.05) is 12.2 Å². The van der Waals surface area contributed by atoms with E-state index in [1.54, 1.807) is 0 Å². The fraction of sp³-hybridized carbons (Fsp3) is 0.500. The van der Waals surface area contributed by atoms with Gasteiger partial charge in [-0.05, 0) is 13.8 Å². The summed E-state index contributed by atoms with van der Waals surface area (Å²) in [5.74, 6) is 0. The first-order valence-electron chi connectivity index (χ1n) is 2.09. The maximum Gasteiger partial charge on any atom is 0.324 e. The van der Waals surface area contributed by atoms with E-state index < -0.39 is 8.60 Å². The molecule has 50 valence electrons. The summed E-state index contributed by atoms with van der Waals surface area (Å²) in [6.07, 6.45) is 4.00. The molecule has 0 unspecified atom stereocenters. The fourth-order valence-electron chi connectivity index (χ4n) is 0. The quantitative estimate of drug-likeness (QED) is 0.342. The Morgan fingerprint density at radius 3 is 1.12 bits per heavy atom. The van der Waals surface area contributed by atoms with Crippen LogP contribution in [0.4, 0.5) is 0 Å². The molecule has 0 saturated heterocycles. The standard InChI is InChI=1S/C4H8.H3O3P/c1-3-4-2;1-4(2)3/h3-4H,1-2H3;1-3H. The first-order chi connectivity index (χ1) is 3.65. The minimum Gasteiger partial charge on any atom is -0.328 e. The highest BCUT2D eigenvalue weighted by Crippen LogP contribution is 2.11. The van der Waals surface area contributed by atoms with Crippen molar-refractivity contribution in [2.75, 3.05) is 0 Å². The second-order valence-electron chi connectivity index (χ2n) is 0.935. The van der Waals surface area contributed by atoms with Crippen LogP contribution in [0.5, 0.6) is 0 Å². The maximum absolute atomic E-state index is 7.23. The molecule has 0 heterocycles. The van der Waals surface area contributed by atoms with Gasteiger partial charge in [-0.25, -0.2) is 0 Å². The lowest BCUT2D eigenvalue weighted by Crippen LogP contribution is -1.54. The minimum absolute atomic E-state index is 2.00. The smallest absolute Gasteiger partial charge is 0.324 e. The molecular formula is C4H11O3P. The molecule has 0 bridgehead atoms. The van der Waals surface area contributed by atoms with Crippen molar-refractivity contribution >= 4 is 8.60 Å². The number of hydrogen-bond acceptors (Lipinski definition) is 3. The van der Waals surface area contributed by atoms with Crippen LogP contribution in [0.3, 0.4) is 0 Å². The van der Waals surface area contributed by atoms with Crippen LogP contribution in [0.1, 0.15) is 13.8 Å². The Morgan fingerprint density at radius 1 is 1.00 bits per heavy atom. The molecule has 4 heteroatoms. The molecule has 0 amide bonds. The van der Waals surface area contributed by atoms with Crippen LogP contribution in [0, 0.1) is 0 Å². The van der Waals surface area contributed by atoms with Crippen molar-refractivity contribution in [2.24, 2.45) is 0 Å². The summed E-state index contributed by atoms with van der Waals surface area (Å²) >= 11 is 0. The van der Waals surface area contributed by atoms with Crippen LogP contribution in [0.25, 0.3) is 0 Å². The SMILES string of the molecule is CC=CC.OP(O)O. The molecule has 0 spiro atoms. The normalized spacial score (nSPS) is 9.25. The molecule has 3 N–H and O–H groups in total. The van der Waals surface area contributed by atoms with Gasteiger partial charge in [0.25, 0.3) is 0 Å². The highest BCUT2D eigenvalue weighted by molar-refractivity contribution is 7.38. The van der Waals surface area contributed by atoms with Crippen LogP contribution in [-0.4, -0.2) is 14.7 Å². The zero-order chi connectivity index (χ0) is 6.99. The van der Waals surface area contributed by atoms with E-state index in [9.17, 15) is 0 Å². The van der Waals surface area contributed by atoms with Gasteiger partial charge in [0, 0.05) is 0 Å². The van der Waals surface area contributed by atoms with Gasteiger partial charge in [0.1, 0.15) is 0 Å². The van der Waals surface area contributed by atoms with E-state index in [2.05, 4.69) is 0 Å². The third kappa shape index (κ3) is 140. The molecule has 0 aliphatic rings. The van der Waals surface area contributed by atoms with Gasteiger partial charge in [0.05, 0.1) is 0 Å². The van der Waals surface area contributed by atoms with Gasteiger partial charge >= 0.3 is 8.60 Å². The zero-order valence-electron chi connectivity index (χ0n) is 4.94. The topological polar surface area (TPSA) is 60.7 Å². The molecule has 0 fully saturated rings. The lowest BCUT2D eigenvalue weighted by Gasteiger charge is -1.76. The summed E-state index contributed by atoms with van der Waals surface area (Å²) in [7, 11) is -2.62. The van der Waals surface area contributed by atoms with Crippen LogP contribution < -0.4 is 0 Å². The summed E-state index contributed by atoms with van der Waals surface area (Å²) < 4.78 is 0. The van der Waals surface area contributed by atoms with Crippen LogP contribution >= 0.6 is 8.60 Å². The third-order valence-electron chi connectivity index (χ3n) is 0.333. The van der Waals surface area contributed by atoms with E-state index in [0.717, 1.165) is 0 Å². The summed E-state index contributed by atoms with van der Waals surface area (Å²) in [6, 6.07) is 0. The Kier molecular flexibility index (Phi) is 13.8.